The van der Waals surface area contributed by atoms with Crippen LogP contribution < -0.4 is 5.32 Å². The summed E-state index contributed by atoms with van der Waals surface area (Å²) in [7, 11) is 0. The first-order chi connectivity index (χ1) is 8.43. The summed E-state index contributed by atoms with van der Waals surface area (Å²) in [4.78, 5) is 22.5. The van der Waals surface area contributed by atoms with Crippen molar-refractivity contribution in [2.24, 2.45) is 0 Å². The summed E-state index contributed by atoms with van der Waals surface area (Å²) in [5.41, 5.74) is 0.495. The van der Waals surface area contributed by atoms with E-state index in [2.05, 4.69) is 10.1 Å². The maximum absolute atomic E-state index is 13.0. The number of hydrogen-bond acceptors (Lipinski definition) is 3. The number of nitrogens with one attached hydrogen (secondary N) is 1. The molecule has 0 saturated heterocycles. The van der Waals surface area contributed by atoms with Crippen LogP contribution in [-0.2, 0) is 14.3 Å². The third kappa shape index (κ3) is 3.80. The number of ether oxygens (including phenoxy) is 1. The van der Waals surface area contributed by atoms with Crippen LogP contribution >= 0.6 is 0 Å². The zero-order valence-electron chi connectivity index (χ0n) is 10.0. The topological polar surface area (TPSA) is 55.4 Å². The lowest BCUT2D eigenvalue weighted by atomic mass is 10.2. The molecule has 1 aromatic carbocycles. The molecule has 0 saturated carbocycles. The summed E-state index contributed by atoms with van der Waals surface area (Å²) in [5, 5.41) is 2.32. The smallest absolute Gasteiger partial charge is 0.315 e. The van der Waals surface area contributed by atoms with Crippen molar-refractivity contribution < 1.29 is 23.1 Å². The molecule has 98 valence electrons. The molecule has 0 bridgehead atoms. The van der Waals surface area contributed by atoms with E-state index in [1.807, 2.05) is 0 Å². The molecule has 0 fully saturated rings. The van der Waals surface area contributed by atoms with Crippen LogP contribution in [0.2, 0.25) is 0 Å². The van der Waals surface area contributed by atoms with Gasteiger partial charge in [0.15, 0.2) is 11.6 Å². The monoisotopic (exact) mass is 257 g/mol. The van der Waals surface area contributed by atoms with Gasteiger partial charge in [0.25, 0.3) is 0 Å². The first kappa shape index (κ1) is 14.1. The van der Waals surface area contributed by atoms with Gasteiger partial charge in [0.2, 0.25) is 5.91 Å². The molecular weight excluding hydrogens is 244 g/mol. The Kier molecular flexibility index (Phi) is 4.76. The summed E-state index contributed by atoms with van der Waals surface area (Å²) in [6.45, 7) is 3.31. The molecule has 0 spiro atoms. The van der Waals surface area contributed by atoms with Crippen molar-refractivity contribution in [1.82, 2.24) is 0 Å². The Morgan fingerprint density at radius 2 is 1.89 bits per heavy atom. The Morgan fingerprint density at radius 3 is 2.50 bits per heavy atom. The molecule has 4 nitrogen and oxygen atoms in total. The van der Waals surface area contributed by atoms with Gasteiger partial charge in [0.1, 0.15) is 6.42 Å². The highest BCUT2D eigenvalue weighted by Gasteiger charge is 2.13. The molecule has 1 amide bonds. The number of benzene rings is 1. The summed E-state index contributed by atoms with van der Waals surface area (Å²) in [5.74, 6) is -3.36. The number of aryl methyl sites for hydroxylation is 1. The van der Waals surface area contributed by atoms with Gasteiger partial charge in [0, 0.05) is 11.8 Å². The van der Waals surface area contributed by atoms with Crippen LogP contribution in [0.15, 0.2) is 12.1 Å². The predicted molar refractivity (Wildman–Crippen MR) is 61.0 cm³/mol. The minimum absolute atomic E-state index is 0.128. The number of rotatable bonds is 4. The van der Waals surface area contributed by atoms with Gasteiger partial charge >= 0.3 is 5.97 Å². The number of amides is 1. The van der Waals surface area contributed by atoms with Gasteiger partial charge in [0.05, 0.1) is 6.61 Å². The fraction of sp³-hybridized carbons (Fsp3) is 0.333. The highest BCUT2D eigenvalue weighted by molar-refractivity contribution is 6.02. The van der Waals surface area contributed by atoms with Crippen LogP contribution in [0.4, 0.5) is 14.5 Å². The van der Waals surface area contributed by atoms with E-state index in [1.54, 1.807) is 6.92 Å². The SMILES string of the molecule is CCOC(=O)CC(=O)Nc1cc(F)c(F)cc1C. The Labute approximate surface area is 103 Å². The average molecular weight is 257 g/mol. The van der Waals surface area contributed by atoms with Crippen molar-refractivity contribution in [1.29, 1.82) is 0 Å². The predicted octanol–water partition coefficient (Wildman–Crippen LogP) is 2.16. The van der Waals surface area contributed by atoms with E-state index in [9.17, 15) is 18.4 Å². The summed E-state index contributed by atoms with van der Waals surface area (Å²) < 4.78 is 30.4. The third-order valence-corrected chi connectivity index (χ3v) is 2.15. The van der Waals surface area contributed by atoms with E-state index in [-0.39, 0.29) is 12.3 Å². The summed E-state index contributed by atoms with van der Waals surface area (Å²) in [6.07, 6.45) is -0.466. The van der Waals surface area contributed by atoms with E-state index >= 15 is 0 Å². The molecular formula is C12H13F2NO3. The lowest BCUT2D eigenvalue weighted by molar-refractivity contribution is -0.145. The van der Waals surface area contributed by atoms with Crippen LogP contribution in [0.25, 0.3) is 0 Å². The van der Waals surface area contributed by atoms with Crippen molar-refractivity contribution in [2.75, 3.05) is 11.9 Å². The van der Waals surface area contributed by atoms with Crippen LogP contribution in [0.5, 0.6) is 0 Å². The highest BCUT2D eigenvalue weighted by atomic mass is 19.2. The van der Waals surface area contributed by atoms with Gasteiger partial charge in [-0.3, -0.25) is 9.59 Å². The van der Waals surface area contributed by atoms with Crippen molar-refractivity contribution in [3.8, 4) is 0 Å². The van der Waals surface area contributed by atoms with E-state index in [0.717, 1.165) is 12.1 Å². The quantitative estimate of drug-likeness (QED) is 0.664. The number of hydrogen-bond donors (Lipinski definition) is 1. The van der Waals surface area contributed by atoms with Gasteiger partial charge in [-0.1, -0.05) is 0 Å². The Balaban J connectivity index is 2.70. The molecule has 0 radical (unpaired) electrons. The zero-order chi connectivity index (χ0) is 13.7. The number of anilines is 1. The summed E-state index contributed by atoms with van der Waals surface area (Å²) >= 11 is 0. The number of carbonyl (C=O) groups is 2. The molecule has 6 heteroatoms. The minimum Gasteiger partial charge on any atom is -0.466 e. The molecule has 0 aliphatic carbocycles. The molecule has 0 heterocycles. The van der Waals surface area contributed by atoms with E-state index < -0.39 is 29.9 Å². The van der Waals surface area contributed by atoms with Gasteiger partial charge < -0.3 is 10.1 Å². The third-order valence-electron chi connectivity index (χ3n) is 2.15. The first-order valence-electron chi connectivity index (χ1n) is 5.35. The fourth-order valence-corrected chi connectivity index (χ4v) is 1.32. The second-order valence-electron chi connectivity index (χ2n) is 3.61. The number of carbonyl (C=O) groups excluding carboxylic acids is 2. The maximum Gasteiger partial charge on any atom is 0.315 e. The average Bonchev–Trinajstić information content (AvgIpc) is 2.26. The molecule has 0 aromatic heterocycles. The van der Waals surface area contributed by atoms with E-state index in [1.165, 1.54) is 6.92 Å². The Hall–Kier alpha value is -1.98. The second-order valence-corrected chi connectivity index (χ2v) is 3.61. The van der Waals surface area contributed by atoms with Crippen molar-refractivity contribution in [2.45, 2.75) is 20.3 Å². The summed E-state index contributed by atoms with van der Waals surface area (Å²) in [6, 6.07) is 1.84. The van der Waals surface area contributed by atoms with Gasteiger partial charge in [-0.05, 0) is 25.5 Å². The first-order valence-corrected chi connectivity index (χ1v) is 5.35. The lowest BCUT2D eigenvalue weighted by Crippen LogP contribution is -2.18. The van der Waals surface area contributed by atoms with Gasteiger partial charge in [-0.25, -0.2) is 8.78 Å². The molecule has 1 rings (SSSR count). The zero-order valence-corrected chi connectivity index (χ0v) is 10.0. The normalized spacial score (nSPS) is 10.0. The molecule has 0 atom stereocenters. The van der Waals surface area contributed by atoms with Crippen molar-refractivity contribution in [3.05, 3.63) is 29.3 Å². The van der Waals surface area contributed by atoms with Gasteiger partial charge in [-0.2, -0.15) is 0 Å². The Bertz CT molecular complexity index is 475. The number of esters is 1. The van der Waals surface area contributed by atoms with Crippen LogP contribution in [0.3, 0.4) is 0 Å². The van der Waals surface area contributed by atoms with Crippen LogP contribution in [-0.4, -0.2) is 18.5 Å². The largest absolute Gasteiger partial charge is 0.466 e. The second kappa shape index (κ2) is 6.09. The van der Waals surface area contributed by atoms with Crippen LogP contribution in [0, 0.1) is 18.6 Å². The minimum atomic E-state index is -1.06. The fourth-order valence-electron chi connectivity index (χ4n) is 1.32. The van der Waals surface area contributed by atoms with Crippen molar-refractivity contribution in [3.63, 3.8) is 0 Å². The Morgan fingerprint density at radius 1 is 1.28 bits per heavy atom. The standard InChI is InChI=1S/C12H13F2NO3/c1-3-18-12(17)6-11(16)15-10-5-9(14)8(13)4-7(10)2/h4-5H,3,6H2,1-2H3,(H,15,16). The lowest BCUT2D eigenvalue weighted by Gasteiger charge is -2.08. The maximum atomic E-state index is 13.0. The highest BCUT2D eigenvalue weighted by Crippen LogP contribution is 2.19. The molecule has 1 aromatic rings. The number of halogens is 2. The molecule has 1 N–H and O–H groups in total. The van der Waals surface area contributed by atoms with Gasteiger partial charge in [-0.15, -0.1) is 0 Å². The van der Waals surface area contributed by atoms with Crippen LogP contribution in [0.1, 0.15) is 18.9 Å². The van der Waals surface area contributed by atoms with E-state index in [4.69, 9.17) is 0 Å². The molecule has 0 unspecified atom stereocenters. The van der Waals surface area contributed by atoms with E-state index in [0.29, 0.717) is 5.56 Å². The molecule has 0 aliphatic rings. The van der Waals surface area contributed by atoms with Crippen molar-refractivity contribution >= 4 is 17.6 Å². The molecule has 18 heavy (non-hydrogen) atoms. The molecule has 0 aliphatic heterocycles.